The molecule has 0 radical (unpaired) electrons. The van der Waals surface area contributed by atoms with Gasteiger partial charge >= 0.3 is 5.97 Å². The van der Waals surface area contributed by atoms with E-state index in [9.17, 15) is 9.59 Å². The number of ketones is 1. The maximum Gasteiger partial charge on any atom is 0.302 e. The Balaban J connectivity index is 1.73. The van der Waals surface area contributed by atoms with Gasteiger partial charge in [0.05, 0.1) is 0 Å². The fourth-order valence-electron chi connectivity index (χ4n) is 7.32. The Labute approximate surface area is 168 Å². The second-order valence-electron chi connectivity index (χ2n) is 9.98. The first kappa shape index (κ1) is 19.3. The molecule has 0 amide bonds. The van der Waals surface area contributed by atoms with E-state index in [-0.39, 0.29) is 28.8 Å². The lowest BCUT2D eigenvalue weighted by molar-refractivity contribution is -0.160. The van der Waals surface area contributed by atoms with E-state index in [2.05, 4.69) is 19.9 Å². The zero-order valence-electron chi connectivity index (χ0n) is 17.0. The number of fused-ring (bicyclic) bond motifs is 5. The van der Waals surface area contributed by atoms with E-state index in [1.165, 1.54) is 12.5 Å². The quantitative estimate of drug-likeness (QED) is 0.489. The minimum atomic E-state index is -0.172. The van der Waals surface area contributed by atoms with Crippen LogP contribution in [0.2, 0.25) is 0 Å². The summed E-state index contributed by atoms with van der Waals surface area (Å²) in [6.45, 7) is 8.03. The van der Waals surface area contributed by atoms with Crippen LogP contribution in [-0.2, 0) is 14.3 Å². The molecule has 27 heavy (non-hydrogen) atoms. The van der Waals surface area contributed by atoms with Crippen molar-refractivity contribution in [3.63, 3.8) is 0 Å². The second kappa shape index (κ2) is 6.50. The lowest BCUT2D eigenvalue weighted by atomic mass is 9.44. The number of thiocarbonyl (C=S) groups is 1. The minimum Gasteiger partial charge on any atom is -0.462 e. The number of allylic oxidation sites excluding steroid dienone is 2. The van der Waals surface area contributed by atoms with Gasteiger partial charge in [0.2, 0.25) is 0 Å². The minimum absolute atomic E-state index is 0.0113. The van der Waals surface area contributed by atoms with E-state index in [1.54, 1.807) is 6.92 Å². The molecule has 0 saturated heterocycles. The number of carbonyl (C=O) groups is 2. The van der Waals surface area contributed by atoms with Crippen LogP contribution in [0.15, 0.2) is 11.6 Å². The van der Waals surface area contributed by atoms with Gasteiger partial charge < -0.3 is 4.74 Å². The molecule has 0 spiro atoms. The summed E-state index contributed by atoms with van der Waals surface area (Å²) in [7, 11) is 0. The first-order chi connectivity index (χ1) is 12.7. The van der Waals surface area contributed by atoms with Crippen LogP contribution in [0, 0.1) is 34.5 Å². The molecule has 4 aliphatic carbocycles. The zero-order valence-corrected chi connectivity index (χ0v) is 17.9. The van der Waals surface area contributed by atoms with E-state index >= 15 is 0 Å². The zero-order chi connectivity index (χ0) is 19.6. The Hall–Kier alpha value is -1.03. The Morgan fingerprint density at radius 3 is 2.52 bits per heavy atom. The van der Waals surface area contributed by atoms with Gasteiger partial charge in [0.15, 0.2) is 0 Å². The van der Waals surface area contributed by atoms with E-state index in [0.717, 1.165) is 49.8 Å². The first-order valence-corrected chi connectivity index (χ1v) is 11.0. The van der Waals surface area contributed by atoms with Crippen molar-refractivity contribution in [3.05, 3.63) is 11.6 Å². The van der Waals surface area contributed by atoms with Gasteiger partial charge in [-0.25, -0.2) is 0 Å². The lowest BCUT2D eigenvalue weighted by Gasteiger charge is -2.60. The Kier molecular flexibility index (Phi) is 4.65. The molecule has 0 unspecified atom stereocenters. The maximum absolute atomic E-state index is 12.7. The summed E-state index contributed by atoms with van der Waals surface area (Å²) in [5.41, 5.74) is 1.63. The van der Waals surface area contributed by atoms with Crippen LogP contribution in [0.4, 0.5) is 0 Å². The van der Waals surface area contributed by atoms with Crippen molar-refractivity contribution in [2.75, 3.05) is 0 Å². The predicted molar refractivity (Wildman–Crippen MR) is 109 cm³/mol. The summed E-state index contributed by atoms with van der Waals surface area (Å²) in [4.78, 5) is 25.4. The van der Waals surface area contributed by atoms with Crippen molar-refractivity contribution in [2.24, 2.45) is 34.5 Å². The van der Waals surface area contributed by atoms with Crippen LogP contribution in [0.25, 0.3) is 0 Å². The normalized spacial score (nSPS) is 46.0. The second-order valence-corrected chi connectivity index (χ2v) is 10.5. The standard InChI is InChI=1S/C23H32O3S/c1-13(24)17-12-15-11-16(27)7-9-22(15,3)19-8-10-23(4)18(21(17)19)5-6-20(23)26-14(2)25/h11,17-21H,5-10,12H2,1-4H3/t17-,18-,19-,20-,21-,22-,23-/m0/s1. The van der Waals surface area contributed by atoms with Crippen molar-refractivity contribution in [1.82, 2.24) is 0 Å². The molecule has 0 aromatic heterocycles. The van der Waals surface area contributed by atoms with Crippen molar-refractivity contribution in [3.8, 4) is 0 Å². The molecule has 7 atom stereocenters. The molecule has 4 rings (SSSR count). The molecule has 0 aromatic rings. The lowest BCUT2D eigenvalue weighted by Crippen LogP contribution is -2.55. The highest BCUT2D eigenvalue weighted by atomic mass is 32.1. The summed E-state index contributed by atoms with van der Waals surface area (Å²) in [5, 5.41) is 0. The molecule has 0 N–H and O–H groups in total. The third-order valence-corrected chi connectivity index (χ3v) is 9.08. The van der Waals surface area contributed by atoms with E-state index in [1.807, 2.05) is 0 Å². The molecule has 0 bridgehead atoms. The van der Waals surface area contributed by atoms with Gasteiger partial charge in [-0.3, -0.25) is 9.59 Å². The number of esters is 1. The summed E-state index contributed by atoms with van der Waals surface area (Å²) in [6.07, 6.45) is 9.48. The van der Waals surface area contributed by atoms with Crippen LogP contribution >= 0.6 is 12.2 Å². The van der Waals surface area contributed by atoms with Crippen molar-refractivity contribution >= 4 is 28.8 Å². The van der Waals surface area contributed by atoms with Gasteiger partial charge in [0, 0.05) is 23.1 Å². The van der Waals surface area contributed by atoms with Crippen LogP contribution in [-0.4, -0.2) is 22.7 Å². The third kappa shape index (κ3) is 2.85. The predicted octanol–water partition coefficient (Wildman–Crippen LogP) is 5.07. The van der Waals surface area contributed by atoms with Gasteiger partial charge in [-0.05, 0) is 81.1 Å². The highest BCUT2D eigenvalue weighted by Gasteiger charge is 2.62. The molecular weight excluding hydrogens is 356 g/mol. The van der Waals surface area contributed by atoms with Crippen LogP contribution in [0.1, 0.15) is 72.6 Å². The van der Waals surface area contributed by atoms with Gasteiger partial charge in [-0.15, -0.1) is 0 Å². The third-order valence-electron chi connectivity index (χ3n) is 8.76. The van der Waals surface area contributed by atoms with Crippen molar-refractivity contribution < 1.29 is 14.3 Å². The Bertz CT molecular complexity index is 725. The van der Waals surface area contributed by atoms with Crippen molar-refractivity contribution in [2.45, 2.75) is 78.7 Å². The average Bonchev–Trinajstić information content (AvgIpc) is 2.91. The topological polar surface area (TPSA) is 43.4 Å². The van der Waals surface area contributed by atoms with E-state index in [4.69, 9.17) is 17.0 Å². The molecule has 4 heteroatoms. The molecule has 3 fully saturated rings. The largest absolute Gasteiger partial charge is 0.462 e. The number of hydrogen-bond donors (Lipinski definition) is 0. The van der Waals surface area contributed by atoms with Gasteiger partial charge in [0.1, 0.15) is 11.9 Å². The maximum atomic E-state index is 12.7. The number of hydrogen-bond acceptors (Lipinski definition) is 4. The smallest absolute Gasteiger partial charge is 0.302 e. The van der Waals surface area contributed by atoms with Gasteiger partial charge in [-0.1, -0.05) is 31.6 Å². The van der Waals surface area contributed by atoms with Crippen LogP contribution in [0.5, 0.6) is 0 Å². The molecule has 3 saturated carbocycles. The average molecular weight is 389 g/mol. The highest BCUT2D eigenvalue weighted by Crippen LogP contribution is 2.67. The van der Waals surface area contributed by atoms with Gasteiger partial charge in [-0.2, -0.15) is 0 Å². The van der Waals surface area contributed by atoms with Crippen LogP contribution in [0.3, 0.4) is 0 Å². The first-order valence-electron chi connectivity index (χ1n) is 10.6. The van der Waals surface area contributed by atoms with E-state index < -0.39 is 0 Å². The molecule has 0 heterocycles. The summed E-state index contributed by atoms with van der Waals surface area (Å²) in [6, 6.07) is 0. The highest BCUT2D eigenvalue weighted by molar-refractivity contribution is 7.80. The summed E-state index contributed by atoms with van der Waals surface area (Å²) < 4.78 is 5.75. The Morgan fingerprint density at radius 1 is 1.11 bits per heavy atom. The van der Waals surface area contributed by atoms with Crippen LogP contribution < -0.4 is 0 Å². The molecule has 148 valence electrons. The summed E-state index contributed by atoms with van der Waals surface area (Å²) in [5.74, 6) is 1.68. The summed E-state index contributed by atoms with van der Waals surface area (Å²) >= 11 is 5.51. The molecular formula is C23H32O3S. The number of ether oxygens (including phenoxy) is 1. The van der Waals surface area contributed by atoms with Gasteiger partial charge in [0.25, 0.3) is 0 Å². The van der Waals surface area contributed by atoms with E-state index in [0.29, 0.717) is 23.5 Å². The SMILES string of the molecule is CC(=O)O[C@H]1CC[C@H]2[C@@H]3[C@H](C(C)=O)CC4=CC(=S)CC[C@]4(C)[C@H]3CC[C@]12C. The molecule has 0 aromatic carbocycles. The molecule has 0 aliphatic heterocycles. The monoisotopic (exact) mass is 388 g/mol. The molecule has 3 nitrogen and oxygen atoms in total. The number of rotatable bonds is 2. The fraction of sp³-hybridized carbons (Fsp3) is 0.783. The fourth-order valence-corrected chi connectivity index (χ4v) is 7.57. The molecule has 4 aliphatic rings. The van der Waals surface area contributed by atoms with Crippen molar-refractivity contribution in [1.29, 1.82) is 0 Å². The Morgan fingerprint density at radius 2 is 1.85 bits per heavy atom. The number of carbonyl (C=O) groups excluding carboxylic acids is 2. The number of Topliss-reactive ketones (excluding diaryl/α,β-unsaturated/α-hetero) is 1.